The van der Waals surface area contributed by atoms with Gasteiger partial charge >= 0.3 is 58.4 Å². The zero-order chi connectivity index (χ0) is 12.6. The normalized spacial score (nSPS) is 11.3. The number of nitrogens with zero attached hydrogens (tertiary/aromatic N) is 3. The van der Waals surface area contributed by atoms with E-state index in [4.69, 9.17) is 0 Å². The molecule has 0 aromatic carbocycles. The van der Waals surface area contributed by atoms with E-state index in [1.54, 1.807) is 0 Å². The Morgan fingerprint density at radius 2 is 2.06 bits per heavy atom. The van der Waals surface area contributed by atoms with Crippen LogP contribution in [0.1, 0.15) is 0 Å². The molecule has 0 N–H and O–H groups in total. The van der Waals surface area contributed by atoms with Crippen molar-refractivity contribution in [3.05, 3.63) is 47.1 Å². The minimum Gasteiger partial charge on any atom is -0.445 e. The number of fused-ring (bicyclic) bond motifs is 1. The van der Waals surface area contributed by atoms with Crippen LogP contribution in [0.15, 0.2) is 41.5 Å². The van der Waals surface area contributed by atoms with Gasteiger partial charge in [-0.05, 0) is 6.07 Å². The molecule has 18 heavy (non-hydrogen) atoms. The maximum absolute atomic E-state index is 12.4. The summed E-state index contributed by atoms with van der Waals surface area (Å²) in [6, 6.07) is 1.44. The predicted molar refractivity (Wildman–Crippen MR) is 57.7 cm³/mol. The molecule has 2 aromatic heterocycles. The van der Waals surface area contributed by atoms with Crippen molar-refractivity contribution in [2.24, 2.45) is 0 Å². The number of aromatic nitrogens is 3. The summed E-state index contributed by atoms with van der Waals surface area (Å²) in [4.78, 5) is 11.8. The minimum absolute atomic E-state index is 0. The molecule has 0 spiro atoms. The molecule has 0 saturated heterocycles. The van der Waals surface area contributed by atoms with Crippen LogP contribution < -0.4 is 56.9 Å². The minimum atomic E-state index is -5.12. The van der Waals surface area contributed by atoms with Crippen molar-refractivity contribution in [3.63, 3.8) is 0 Å². The van der Waals surface area contributed by atoms with Crippen molar-refractivity contribution in [2.45, 2.75) is 6.54 Å². The molecule has 0 saturated carbocycles. The van der Waals surface area contributed by atoms with Crippen LogP contribution in [-0.2, 0) is 6.54 Å². The third-order valence-corrected chi connectivity index (χ3v) is 2.37. The summed E-state index contributed by atoms with van der Waals surface area (Å²) in [5, 5.41) is 3.81. The maximum Gasteiger partial charge on any atom is 1.00 e. The summed E-state index contributed by atoms with van der Waals surface area (Å²) >= 11 is 0. The van der Waals surface area contributed by atoms with Crippen LogP contribution in [0, 0.1) is 0 Å². The number of hydrogen-bond acceptors (Lipinski definition) is 2. The van der Waals surface area contributed by atoms with Crippen molar-refractivity contribution >= 4 is 12.5 Å². The van der Waals surface area contributed by atoms with E-state index in [-0.39, 0.29) is 56.9 Å². The first-order valence-electron chi connectivity index (χ1n) is 4.80. The van der Waals surface area contributed by atoms with Gasteiger partial charge in [0.25, 0.3) is 5.56 Å². The van der Waals surface area contributed by atoms with Gasteiger partial charge in [-0.15, -0.1) is 12.1 Å². The van der Waals surface area contributed by atoms with Gasteiger partial charge in [0, 0.05) is 18.9 Å². The molecular weight excluding hydrogens is 273 g/mol. The van der Waals surface area contributed by atoms with E-state index in [9.17, 15) is 17.7 Å². The van der Waals surface area contributed by atoms with Crippen LogP contribution >= 0.6 is 0 Å². The molecule has 0 amide bonds. The molecule has 0 atom stereocenters. The van der Waals surface area contributed by atoms with Crippen molar-refractivity contribution in [2.75, 3.05) is 0 Å². The van der Waals surface area contributed by atoms with Crippen molar-refractivity contribution < 1.29 is 64.3 Å². The van der Waals surface area contributed by atoms with Crippen LogP contribution in [-0.4, -0.2) is 21.2 Å². The summed E-state index contributed by atoms with van der Waals surface area (Å²) in [6.45, 7) is -2.73. The Bertz CT molecular complexity index is 634. The SMILES string of the molecule is C=C(Cn1ccn2nccc2c1=O)[B-](F)(F)F.[K+]. The van der Waals surface area contributed by atoms with Gasteiger partial charge in [0.2, 0.25) is 0 Å². The van der Waals surface area contributed by atoms with Crippen LogP contribution in [0.2, 0.25) is 0 Å². The van der Waals surface area contributed by atoms with Gasteiger partial charge in [-0.3, -0.25) is 4.79 Å². The van der Waals surface area contributed by atoms with Crippen LogP contribution in [0.25, 0.3) is 5.52 Å². The maximum atomic E-state index is 12.4. The van der Waals surface area contributed by atoms with E-state index in [1.165, 1.54) is 29.2 Å². The summed E-state index contributed by atoms with van der Waals surface area (Å²) < 4.78 is 39.3. The Labute approximate surface area is 143 Å². The first kappa shape index (κ1) is 15.7. The molecule has 9 heteroatoms. The summed E-state index contributed by atoms with van der Waals surface area (Å²) in [5.41, 5.74) is -1.20. The first-order chi connectivity index (χ1) is 7.89. The number of hydrogen-bond donors (Lipinski definition) is 0. The summed E-state index contributed by atoms with van der Waals surface area (Å²) in [5.74, 6) is 0. The predicted octanol–water partition coefficient (Wildman–Crippen LogP) is -1.56. The Morgan fingerprint density at radius 1 is 1.39 bits per heavy atom. The molecule has 0 aliphatic carbocycles. The van der Waals surface area contributed by atoms with Gasteiger partial charge in [0.05, 0.1) is 6.20 Å². The second kappa shape index (κ2) is 5.74. The second-order valence-electron chi connectivity index (χ2n) is 3.63. The van der Waals surface area contributed by atoms with E-state index in [0.717, 1.165) is 4.57 Å². The molecule has 0 radical (unpaired) electrons. The fraction of sp³-hybridized carbons (Fsp3) is 0.111. The average Bonchev–Trinajstić information content (AvgIpc) is 2.69. The third kappa shape index (κ3) is 3.15. The van der Waals surface area contributed by atoms with Gasteiger partial charge < -0.3 is 17.5 Å². The number of rotatable bonds is 3. The molecule has 0 bridgehead atoms. The number of halogens is 3. The topological polar surface area (TPSA) is 39.3 Å². The van der Waals surface area contributed by atoms with Gasteiger partial charge in [-0.1, -0.05) is 0 Å². The van der Waals surface area contributed by atoms with Crippen LogP contribution in [0.4, 0.5) is 12.9 Å². The standard InChI is InChI=1S/C9H8BF3N3O.K/c1-7(10(11,12)13)6-15-4-5-16-8(9(15)17)2-3-14-16;/h2-5H,1,6H2;/q-1;+1. The van der Waals surface area contributed by atoms with Crippen molar-refractivity contribution in [1.29, 1.82) is 0 Å². The van der Waals surface area contributed by atoms with E-state index >= 15 is 0 Å². The summed E-state index contributed by atoms with van der Waals surface area (Å²) in [6.07, 6.45) is 4.09. The van der Waals surface area contributed by atoms with Gasteiger partial charge in [0.15, 0.2) is 0 Å². The van der Waals surface area contributed by atoms with E-state index < -0.39 is 24.6 Å². The molecular formula is C9H8BF3KN3O. The van der Waals surface area contributed by atoms with Crippen LogP contribution in [0.3, 0.4) is 0 Å². The van der Waals surface area contributed by atoms with Crippen LogP contribution in [0.5, 0.6) is 0 Å². The van der Waals surface area contributed by atoms with Gasteiger partial charge in [-0.2, -0.15) is 5.10 Å². The molecule has 2 heterocycles. The Balaban J connectivity index is 0.00000162. The van der Waals surface area contributed by atoms with Crippen molar-refractivity contribution in [3.8, 4) is 0 Å². The quantitative estimate of drug-likeness (QED) is 0.639. The first-order valence-corrected chi connectivity index (χ1v) is 4.80. The van der Waals surface area contributed by atoms with Gasteiger partial charge in [0.1, 0.15) is 5.52 Å². The largest absolute Gasteiger partial charge is 1.00 e. The number of allylic oxidation sites excluding steroid dienone is 1. The van der Waals surface area contributed by atoms with E-state index in [0.29, 0.717) is 0 Å². The zero-order valence-corrected chi connectivity index (χ0v) is 12.8. The summed E-state index contributed by atoms with van der Waals surface area (Å²) in [7, 11) is 0. The Kier molecular flexibility index (Phi) is 5.01. The monoisotopic (exact) mass is 281 g/mol. The molecule has 4 nitrogen and oxygen atoms in total. The van der Waals surface area contributed by atoms with Crippen molar-refractivity contribution in [1.82, 2.24) is 14.2 Å². The fourth-order valence-corrected chi connectivity index (χ4v) is 1.41. The second-order valence-corrected chi connectivity index (χ2v) is 3.63. The zero-order valence-electron chi connectivity index (χ0n) is 9.68. The molecule has 0 aliphatic heterocycles. The smallest absolute Gasteiger partial charge is 0.445 e. The fourth-order valence-electron chi connectivity index (χ4n) is 1.41. The molecule has 90 valence electrons. The van der Waals surface area contributed by atoms with Gasteiger partial charge in [-0.25, -0.2) is 4.52 Å². The molecule has 0 fully saturated rings. The molecule has 2 aromatic rings. The molecule has 2 rings (SSSR count). The molecule has 0 aliphatic rings. The Hall–Kier alpha value is -0.349. The van der Waals surface area contributed by atoms with E-state index in [1.807, 2.05) is 0 Å². The van der Waals surface area contributed by atoms with E-state index in [2.05, 4.69) is 11.7 Å². The third-order valence-electron chi connectivity index (χ3n) is 2.37. The molecule has 0 unspecified atom stereocenters. The Morgan fingerprint density at radius 3 is 2.67 bits per heavy atom. The average molecular weight is 281 g/mol.